The fourth-order valence-electron chi connectivity index (χ4n) is 2.26. The Morgan fingerprint density at radius 1 is 0.850 bits per heavy atom. The van der Waals surface area contributed by atoms with Gasteiger partial charge in [-0.1, -0.05) is 54.6 Å². The first-order chi connectivity index (χ1) is 9.79. The molecule has 0 aliphatic rings. The number of aromatic amines is 1. The number of benzene rings is 2. The van der Waals surface area contributed by atoms with Crippen LogP contribution in [0, 0.1) is 11.3 Å². The van der Waals surface area contributed by atoms with Crippen molar-refractivity contribution in [1.29, 1.82) is 5.26 Å². The van der Waals surface area contributed by atoms with Gasteiger partial charge in [0.25, 0.3) is 0 Å². The Bertz CT molecular complexity index is 762. The van der Waals surface area contributed by atoms with Gasteiger partial charge in [0.1, 0.15) is 17.5 Å². The van der Waals surface area contributed by atoms with E-state index in [0.29, 0.717) is 11.4 Å². The Morgan fingerprint density at radius 3 is 2.10 bits per heavy atom. The van der Waals surface area contributed by atoms with Crippen molar-refractivity contribution in [3.8, 4) is 28.3 Å². The number of nitrogen functional groups attached to an aromatic ring is 1. The molecular formula is C17H13N3. The maximum absolute atomic E-state index is 9.13. The molecule has 0 unspecified atom stereocenters. The minimum atomic E-state index is 0.412. The van der Waals surface area contributed by atoms with Crippen LogP contribution in [0.3, 0.4) is 0 Å². The predicted octanol–water partition coefficient (Wildman–Crippen LogP) is 3.80. The quantitative estimate of drug-likeness (QED) is 0.735. The third-order valence-electron chi connectivity index (χ3n) is 3.33. The average molecular weight is 259 g/mol. The van der Waals surface area contributed by atoms with Gasteiger partial charge < -0.3 is 10.7 Å². The molecule has 3 rings (SSSR count). The summed E-state index contributed by atoms with van der Waals surface area (Å²) in [5, 5.41) is 9.13. The highest BCUT2D eigenvalue weighted by Gasteiger charge is 2.10. The summed E-state index contributed by atoms with van der Waals surface area (Å²) < 4.78 is 0. The number of nitrogens with two attached hydrogens (primary N) is 1. The van der Waals surface area contributed by atoms with Crippen LogP contribution in [0.2, 0.25) is 0 Å². The number of H-pyrrole nitrogens is 1. The van der Waals surface area contributed by atoms with Gasteiger partial charge in [-0.05, 0) is 16.7 Å². The van der Waals surface area contributed by atoms with Crippen molar-refractivity contribution < 1.29 is 0 Å². The van der Waals surface area contributed by atoms with Gasteiger partial charge in [0.15, 0.2) is 0 Å². The molecule has 0 radical (unpaired) electrons. The molecule has 2 aromatic carbocycles. The molecule has 0 spiro atoms. The smallest absolute Gasteiger partial charge is 0.119 e. The molecular weight excluding hydrogens is 246 g/mol. The van der Waals surface area contributed by atoms with Crippen molar-refractivity contribution in [2.45, 2.75) is 0 Å². The lowest BCUT2D eigenvalue weighted by Gasteiger charge is -2.04. The Kier molecular flexibility index (Phi) is 2.98. The number of hydrogen-bond acceptors (Lipinski definition) is 2. The standard InChI is InChI=1S/C17H13N3/c18-10-15-16(11-20-17(15)19)14-8-6-13(7-9-14)12-4-2-1-3-5-12/h1-9,11,20H,19H2. The number of hydrogen-bond donors (Lipinski definition) is 2. The van der Waals surface area contributed by atoms with Crippen LogP contribution < -0.4 is 5.73 Å². The lowest BCUT2D eigenvalue weighted by Crippen LogP contribution is -1.87. The molecule has 96 valence electrons. The molecule has 0 aliphatic carbocycles. The van der Waals surface area contributed by atoms with Crippen molar-refractivity contribution in [1.82, 2.24) is 4.98 Å². The van der Waals surface area contributed by atoms with Gasteiger partial charge >= 0.3 is 0 Å². The van der Waals surface area contributed by atoms with Crippen LogP contribution in [-0.2, 0) is 0 Å². The van der Waals surface area contributed by atoms with Crippen LogP contribution >= 0.6 is 0 Å². The van der Waals surface area contributed by atoms with E-state index < -0.39 is 0 Å². The molecule has 20 heavy (non-hydrogen) atoms. The highest BCUT2D eigenvalue weighted by atomic mass is 14.8. The molecule has 3 heteroatoms. The first-order valence-corrected chi connectivity index (χ1v) is 6.32. The summed E-state index contributed by atoms with van der Waals surface area (Å²) in [6.07, 6.45) is 1.77. The maximum Gasteiger partial charge on any atom is 0.119 e. The van der Waals surface area contributed by atoms with Gasteiger partial charge in [-0.15, -0.1) is 0 Å². The number of anilines is 1. The van der Waals surface area contributed by atoms with Crippen LogP contribution in [0.4, 0.5) is 5.82 Å². The summed E-state index contributed by atoms with van der Waals surface area (Å²) in [6.45, 7) is 0. The molecule has 0 fully saturated rings. The first-order valence-electron chi connectivity index (χ1n) is 6.32. The average Bonchev–Trinajstić information content (AvgIpc) is 2.89. The third-order valence-corrected chi connectivity index (χ3v) is 3.33. The summed E-state index contributed by atoms with van der Waals surface area (Å²) in [5.74, 6) is 0.412. The minimum Gasteiger partial charge on any atom is -0.384 e. The zero-order valence-electron chi connectivity index (χ0n) is 10.8. The van der Waals surface area contributed by atoms with E-state index in [1.54, 1.807) is 6.20 Å². The van der Waals surface area contributed by atoms with E-state index in [1.807, 2.05) is 30.3 Å². The highest BCUT2D eigenvalue weighted by molar-refractivity contribution is 5.77. The molecule has 0 aliphatic heterocycles. The Hall–Kier alpha value is -2.99. The number of nitriles is 1. The summed E-state index contributed by atoms with van der Waals surface area (Å²) in [7, 11) is 0. The van der Waals surface area contributed by atoms with Gasteiger partial charge in [0.2, 0.25) is 0 Å². The van der Waals surface area contributed by atoms with Crippen molar-refractivity contribution in [3.63, 3.8) is 0 Å². The number of nitrogens with zero attached hydrogens (tertiary/aromatic N) is 1. The van der Waals surface area contributed by atoms with Gasteiger partial charge in [-0.2, -0.15) is 5.26 Å². The molecule has 0 saturated carbocycles. The van der Waals surface area contributed by atoms with Crippen LogP contribution in [-0.4, -0.2) is 4.98 Å². The van der Waals surface area contributed by atoms with Crippen molar-refractivity contribution in [2.75, 3.05) is 5.73 Å². The fourth-order valence-corrected chi connectivity index (χ4v) is 2.26. The SMILES string of the molecule is N#Cc1c(-c2ccc(-c3ccccc3)cc2)c[nH]c1N. The topological polar surface area (TPSA) is 65.6 Å². The zero-order valence-corrected chi connectivity index (χ0v) is 10.8. The van der Waals surface area contributed by atoms with Crippen molar-refractivity contribution >= 4 is 5.82 Å². The molecule has 0 amide bonds. The van der Waals surface area contributed by atoms with E-state index in [1.165, 1.54) is 5.56 Å². The van der Waals surface area contributed by atoms with E-state index in [4.69, 9.17) is 11.0 Å². The molecule has 3 nitrogen and oxygen atoms in total. The zero-order chi connectivity index (χ0) is 13.9. The summed E-state index contributed by atoms with van der Waals surface area (Å²) in [4.78, 5) is 2.89. The summed E-state index contributed by atoms with van der Waals surface area (Å²) >= 11 is 0. The van der Waals surface area contributed by atoms with Gasteiger partial charge in [0, 0.05) is 11.8 Å². The van der Waals surface area contributed by atoms with E-state index in [0.717, 1.165) is 16.7 Å². The lowest BCUT2D eigenvalue weighted by molar-refractivity contribution is 1.40. The van der Waals surface area contributed by atoms with Crippen LogP contribution in [0.15, 0.2) is 60.8 Å². The molecule has 1 aromatic heterocycles. The number of rotatable bonds is 2. The van der Waals surface area contributed by atoms with E-state index in [9.17, 15) is 0 Å². The van der Waals surface area contributed by atoms with Crippen LogP contribution in [0.5, 0.6) is 0 Å². The first kappa shape index (κ1) is 12.1. The number of aromatic nitrogens is 1. The van der Waals surface area contributed by atoms with Crippen LogP contribution in [0.25, 0.3) is 22.3 Å². The normalized spacial score (nSPS) is 10.2. The van der Waals surface area contributed by atoms with E-state index >= 15 is 0 Å². The summed E-state index contributed by atoms with van der Waals surface area (Å²) in [6, 6.07) is 20.4. The van der Waals surface area contributed by atoms with E-state index in [-0.39, 0.29) is 0 Å². The highest BCUT2D eigenvalue weighted by Crippen LogP contribution is 2.29. The Morgan fingerprint density at radius 2 is 1.45 bits per heavy atom. The Balaban J connectivity index is 2.00. The lowest BCUT2D eigenvalue weighted by atomic mass is 10.00. The second-order valence-corrected chi connectivity index (χ2v) is 4.55. The molecule has 1 heterocycles. The Labute approximate surface area is 117 Å². The van der Waals surface area contributed by atoms with Gasteiger partial charge in [-0.3, -0.25) is 0 Å². The predicted molar refractivity (Wildman–Crippen MR) is 80.8 cm³/mol. The van der Waals surface area contributed by atoms with Crippen molar-refractivity contribution in [2.24, 2.45) is 0 Å². The summed E-state index contributed by atoms with van der Waals surface area (Å²) in [5.41, 5.74) is 10.4. The fraction of sp³-hybridized carbons (Fsp3) is 0. The molecule has 0 saturated heterocycles. The largest absolute Gasteiger partial charge is 0.384 e. The molecule has 0 bridgehead atoms. The minimum absolute atomic E-state index is 0.412. The third kappa shape index (κ3) is 2.04. The molecule has 3 N–H and O–H groups in total. The maximum atomic E-state index is 9.13. The van der Waals surface area contributed by atoms with Crippen LogP contribution in [0.1, 0.15) is 5.56 Å². The number of nitrogens with one attached hydrogen (secondary N) is 1. The van der Waals surface area contributed by atoms with Gasteiger partial charge in [-0.25, -0.2) is 0 Å². The molecule has 0 atom stereocenters. The second-order valence-electron chi connectivity index (χ2n) is 4.55. The van der Waals surface area contributed by atoms with Crippen molar-refractivity contribution in [3.05, 3.63) is 66.4 Å². The second kappa shape index (κ2) is 4.94. The van der Waals surface area contributed by atoms with Gasteiger partial charge in [0.05, 0.1) is 0 Å². The molecule has 3 aromatic rings. The van der Waals surface area contributed by atoms with E-state index in [2.05, 4.69) is 35.3 Å². The monoisotopic (exact) mass is 259 g/mol.